The number of imide groups is 1. The molecule has 0 bridgehead atoms. The van der Waals surface area contributed by atoms with Crippen molar-refractivity contribution < 1.29 is 23.5 Å². The SMILES string of the molecule is CC(C)(C)OC(=O)N(C(=O)OC(C)(C)C)c1ncc(I)c2ccc(-c3cccc(F)c3)nc12. The smallest absolute Gasteiger partial charge is 0.425 e. The van der Waals surface area contributed by atoms with Crippen LogP contribution in [0.5, 0.6) is 0 Å². The Morgan fingerprint density at radius 3 is 2.12 bits per heavy atom. The van der Waals surface area contributed by atoms with E-state index in [0.29, 0.717) is 16.6 Å². The van der Waals surface area contributed by atoms with Gasteiger partial charge in [-0.3, -0.25) is 0 Å². The van der Waals surface area contributed by atoms with Gasteiger partial charge in [-0.15, -0.1) is 0 Å². The highest BCUT2D eigenvalue weighted by atomic mass is 127. The van der Waals surface area contributed by atoms with Crippen LogP contribution in [0.4, 0.5) is 19.8 Å². The normalized spacial score (nSPS) is 11.9. The maximum Gasteiger partial charge on any atom is 0.425 e. The van der Waals surface area contributed by atoms with Gasteiger partial charge in [-0.2, -0.15) is 4.90 Å². The van der Waals surface area contributed by atoms with E-state index >= 15 is 0 Å². The Balaban J connectivity index is 2.22. The molecular formula is C24H25FIN3O4. The van der Waals surface area contributed by atoms with Crippen molar-refractivity contribution in [1.29, 1.82) is 0 Å². The van der Waals surface area contributed by atoms with Gasteiger partial charge in [-0.1, -0.05) is 12.1 Å². The van der Waals surface area contributed by atoms with E-state index in [4.69, 9.17) is 9.47 Å². The van der Waals surface area contributed by atoms with Crippen molar-refractivity contribution in [1.82, 2.24) is 9.97 Å². The molecule has 0 fully saturated rings. The molecule has 0 atom stereocenters. The molecule has 0 radical (unpaired) electrons. The lowest BCUT2D eigenvalue weighted by Crippen LogP contribution is -2.44. The molecule has 0 unspecified atom stereocenters. The third kappa shape index (κ3) is 6.16. The van der Waals surface area contributed by atoms with Crippen LogP contribution >= 0.6 is 22.6 Å². The molecule has 0 saturated carbocycles. The van der Waals surface area contributed by atoms with Crippen molar-refractivity contribution >= 4 is 51.5 Å². The van der Waals surface area contributed by atoms with Gasteiger partial charge in [0, 0.05) is 20.7 Å². The number of amides is 2. The van der Waals surface area contributed by atoms with E-state index in [1.54, 1.807) is 65.8 Å². The maximum atomic E-state index is 13.8. The van der Waals surface area contributed by atoms with Gasteiger partial charge in [-0.25, -0.2) is 23.9 Å². The van der Waals surface area contributed by atoms with Crippen LogP contribution in [0, 0.1) is 9.39 Å². The van der Waals surface area contributed by atoms with Crippen molar-refractivity contribution in [2.45, 2.75) is 52.7 Å². The summed E-state index contributed by atoms with van der Waals surface area (Å²) in [5.41, 5.74) is -0.448. The van der Waals surface area contributed by atoms with E-state index in [2.05, 4.69) is 32.6 Å². The first-order valence-corrected chi connectivity index (χ1v) is 11.3. The van der Waals surface area contributed by atoms with Crippen molar-refractivity contribution in [3.8, 4) is 11.3 Å². The van der Waals surface area contributed by atoms with Crippen LogP contribution in [0.3, 0.4) is 0 Å². The average Bonchev–Trinajstić information content (AvgIpc) is 2.67. The largest absolute Gasteiger partial charge is 0.443 e. The summed E-state index contributed by atoms with van der Waals surface area (Å²) in [5.74, 6) is -0.438. The fourth-order valence-electron chi connectivity index (χ4n) is 2.91. The highest BCUT2D eigenvalue weighted by Crippen LogP contribution is 2.31. The van der Waals surface area contributed by atoms with E-state index in [1.165, 1.54) is 18.3 Å². The van der Waals surface area contributed by atoms with Crippen LogP contribution in [0.25, 0.3) is 22.2 Å². The summed E-state index contributed by atoms with van der Waals surface area (Å²) >= 11 is 2.10. The monoisotopic (exact) mass is 565 g/mol. The molecule has 7 nitrogen and oxygen atoms in total. The number of pyridine rings is 2. The molecule has 2 amide bonds. The van der Waals surface area contributed by atoms with E-state index in [-0.39, 0.29) is 11.3 Å². The number of hydrogen-bond acceptors (Lipinski definition) is 6. The molecule has 9 heteroatoms. The number of carbonyl (C=O) groups excluding carboxylic acids is 2. The quantitative estimate of drug-likeness (QED) is 0.321. The van der Waals surface area contributed by atoms with E-state index < -0.39 is 29.2 Å². The molecule has 0 spiro atoms. The molecule has 2 heterocycles. The highest BCUT2D eigenvalue weighted by molar-refractivity contribution is 14.1. The Morgan fingerprint density at radius 2 is 1.58 bits per heavy atom. The number of halogens is 2. The Labute approximate surface area is 205 Å². The minimum Gasteiger partial charge on any atom is -0.443 e. The lowest BCUT2D eigenvalue weighted by atomic mass is 10.1. The third-order valence-corrected chi connectivity index (χ3v) is 5.01. The van der Waals surface area contributed by atoms with Crippen LogP contribution in [-0.2, 0) is 9.47 Å². The Bertz CT molecular complexity index is 1190. The van der Waals surface area contributed by atoms with Gasteiger partial charge in [0.1, 0.15) is 22.5 Å². The lowest BCUT2D eigenvalue weighted by molar-refractivity contribution is 0.0429. The fourth-order valence-corrected chi connectivity index (χ4v) is 3.48. The zero-order valence-electron chi connectivity index (χ0n) is 19.3. The third-order valence-electron chi connectivity index (χ3n) is 4.15. The topological polar surface area (TPSA) is 81.6 Å². The van der Waals surface area contributed by atoms with Gasteiger partial charge < -0.3 is 9.47 Å². The number of fused-ring (bicyclic) bond motifs is 1. The second kappa shape index (κ2) is 9.20. The zero-order valence-corrected chi connectivity index (χ0v) is 21.4. The molecular weight excluding hydrogens is 540 g/mol. The van der Waals surface area contributed by atoms with Gasteiger partial charge >= 0.3 is 12.2 Å². The molecule has 0 aliphatic carbocycles. The minimum absolute atomic E-state index is 0.0350. The van der Waals surface area contributed by atoms with E-state index in [1.807, 2.05) is 0 Å². The number of ether oxygens (including phenoxy) is 2. The Hall–Kier alpha value is -2.82. The van der Waals surface area contributed by atoms with Crippen LogP contribution in [0.2, 0.25) is 0 Å². The molecule has 0 aliphatic rings. The maximum absolute atomic E-state index is 13.8. The van der Waals surface area contributed by atoms with Gasteiger partial charge in [0.2, 0.25) is 0 Å². The predicted octanol–water partition coefficient (Wildman–Crippen LogP) is 6.72. The van der Waals surface area contributed by atoms with Gasteiger partial charge in [0.15, 0.2) is 5.82 Å². The Kier molecular flexibility index (Phi) is 6.92. The summed E-state index contributed by atoms with van der Waals surface area (Å²) in [5, 5.41) is 0.665. The number of benzene rings is 1. The predicted molar refractivity (Wildman–Crippen MR) is 133 cm³/mol. The number of aromatic nitrogens is 2. The van der Waals surface area contributed by atoms with Crippen LogP contribution < -0.4 is 4.90 Å². The summed E-state index contributed by atoms with van der Waals surface area (Å²) in [7, 11) is 0. The lowest BCUT2D eigenvalue weighted by Gasteiger charge is -2.28. The van der Waals surface area contributed by atoms with Crippen LogP contribution in [0.1, 0.15) is 41.5 Å². The first kappa shape index (κ1) is 24.8. The number of carbonyl (C=O) groups is 2. The zero-order chi connectivity index (χ0) is 24.6. The van der Waals surface area contributed by atoms with Crippen molar-refractivity contribution in [3.63, 3.8) is 0 Å². The summed E-state index contributed by atoms with van der Waals surface area (Å²) in [6.45, 7) is 10.2. The van der Waals surface area contributed by atoms with E-state index in [9.17, 15) is 14.0 Å². The fraction of sp³-hybridized carbons (Fsp3) is 0.333. The Morgan fingerprint density at radius 1 is 0.970 bits per heavy atom. The van der Waals surface area contributed by atoms with Gasteiger partial charge in [-0.05, 0) is 88.4 Å². The number of nitrogens with zero attached hydrogens (tertiary/aromatic N) is 3. The van der Waals surface area contributed by atoms with Gasteiger partial charge in [0.25, 0.3) is 0 Å². The minimum atomic E-state index is -0.940. The summed E-state index contributed by atoms with van der Waals surface area (Å²) < 4.78 is 25.5. The van der Waals surface area contributed by atoms with Crippen LogP contribution in [0.15, 0.2) is 42.6 Å². The van der Waals surface area contributed by atoms with Crippen molar-refractivity contribution in [3.05, 3.63) is 52.0 Å². The van der Waals surface area contributed by atoms with Crippen molar-refractivity contribution in [2.24, 2.45) is 0 Å². The first-order valence-electron chi connectivity index (χ1n) is 10.2. The first-order chi connectivity index (χ1) is 15.2. The average molecular weight is 565 g/mol. The molecule has 3 rings (SSSR count). The number of anilines is 1. The molecule has 174 valence electrons. The highest BCUT2D eigenvalue weighted by Gasteiger charge is 2.35. The molecule has 1 aromatic carbocycles. The summed E-state index contributed by atoms with van der Waals surface area (Å²) in [6, 6.07) is 9.53. The number of rotatable bonds is 2. The summed E-state index contributed by atoms with van der Waals surface area (Å²) in [6.07, 6.45) is -0.349. The summed E-state index contributed by atoms with van der Waals surface area (Å²) in [4.78, 5) is 35.9. The molecule has 0 saturated heterocycles. The van der Waals surface area contributed by atoms with Gasteiger partial charge in [0.05, 0.1) is 5.69 Å². The molecule has 2 aromatic heterocycles. The second-order valence-corrected chi connectivity index (χ2v) is 10.5. The van der Waals surface area contributed by atoms with Crippen LogP contribution in [-0.4, -0.2) is 33.4 Å². The van der Waals surface area contributed by atoms with E-state index in [0.717, 1.165) is 8.47 Å². The number of hydrogen-bond donors (Lipinski definition) is 0. The standard InChI is InChI=1S/C24H25FIN3O4/c1-23(2,3)32-21(30)29(22(31)33-24(4,5)6)20-19-16(17(26)13-27-20)10-11-18(28-19)14-8-7-9-15(25)12-14/h7-13H,1-6H3. The molecule has 3 aromatic rings. The second-order valence-electron chi connectivity index (χ2n) is 9.33. The molecule has 0 aliphatic heterocycles. The molecule has 33 heavy (non-hydrogen) atoms. The molecule has 0 N–H and O–H groups in total. The van der Waals surface area contributed by atoms with Crippen molar-refractivity contribution in [2.75, 3.05) is 4.90 Å².